The summed E-state index contributed by atoms with van der Waals surface area (Å²) in [5, 5.41) is 0. The maximum Gasteiger partial charge on any atom is 0.344 e. The number of carbonyl (C=O) groups is 1. The number of hydrogen-bond donors (Lipinski definition) is 0. The molecule has 0 radical (unpaired) electrons. The van der Waals surface area contributed by atoms with E-state index in [4.69, 9.17) is 0 Å². The molecule has 2 nitrogen and oxygen atoms in total. The third kappa shape index (κ3) is 2.60. The molecule has 0 aromatic heterocycles. The van der Waals surface area contributed by atoms with Crippen LogP contribution in [0.15, 0.2) is 0 Å². The van der Waals surface area contributed by atoms with Crippen LogP contribution in [0.2, 0.25) is 0 Å². The standard InChI is InChI=1S/C11H10F4O2S/c1-3-18-4-5-7(12)9(14)6(11(16)17-2)10(15)8(5)13/h3-4H2,1-2H3. The Balaban J connectivity index is 3.40. The van der Waals surface area contributed by atoms with Gasteiger partial charge in [-0.05, 0) is 5.75 Å². The first kappa shape index (κ1) is 14.8. The van der Waals surface area contributed by atoms with Crippen molar-refractivity contribution in [3.8, 4) is 0 Å². The molecule has 0 aliphatic rings. The van der Waals surface area contributed by atoms with E-state index in [0.717, 1.165) is 18.9 Å². The van der Waals surface area contributed by atoms with Crippen molar-refractivity contribution < 1.29 is 27.1 Å². The van der Waals surface area contributed by atoms with Gasteiger partial charge in [-0.25, -0.2) is 22.4 Å². The molecular formula is C11H10F4O2S. The molecule has 100 valence electrons. The number of hydrogen-bond acceptors (Lipinski definition) is 3. The van der Waals surface area contributed by atoms with Crippen LogP contribution in [-0.2, 0) is 10.5 Å². The largest absolute Gasteiger partial charge is 0.465 e. The van der Waals surface area contributed by atoms with Crippen molar-refractivity contribution in [2.24, 2.45) is 0 Å². The zero-order valence-electron chi connectivity index (χ0n) is 9.65. The van der Waals surface area contributed by atoms with Gasteiger partial charge in [0, 0.05) is 11.3 Å². The summed E-state index contributed by atoms with van der Waals surface area (Å²) in [6.45, 7) is 1.73. The normalized spacial score (nSPS) is 10.6. The lowest BCUT2D eigenvalue weighted by Crippen LogP contribution is -2.14. The number of methoxy groups -OCH3 is 1. The van der Waals surface area contributed by atoms with Crippen molar-refractivity contribution >= 4 is 17.7 Å². The second-order valence-corrected chi connectivity index (χ2v) is 4.51. The lowest BCUT2D eigenvalue weighted by atomic mass is 10.1. The van der Waals surface area contributed by atoms with E-state index >= 15 is 0 Å². The third-order valence-electron chi connectivity index (χ3n) is 2.19. The van der Waals surface area contributed by atoms with Crippen molar-refractivity contribution in [3.05, 3.63) is 34.4 Å². The van der Waals surface area contributed by atoms with Crippen LogP contribution in [0, 0.1) is 23.3 Å². The van der Waals surface area contributed by atoms with Gasteiger partial charge in [-0.3, -0.25) is 0 Å². The highest BCUT2D eigenvalue weighted by molar-refractivity contribution is 7.98. The zero-order chi connectivity index (χ0) is 13.9. The highest BCUT2D eigenvalue weighted by Crippen LogP contribution is 2.27. The molecule has 1 rings (SSSR count). The van der Waals surface area contributed by atoms with Crippen LogP contribution in [0.3, 0.4) is 0 Å². The Morgan fingerprint density at radius 3 is 2.00 bits per heavy atom. The SMILES string of the molecule is CCSCc1c(F)c(F)c(C(=O)OC)c(F)c1F. The Morgan fingerprint density at radius 2 is 1.61 bits per heavy atom. The quantitative estimate of drug-likeness (QED) is 0.481. The van der Waals surface area contributed by atoms with Gasteiger partial charge < -0.3 is 4.74 Å². The number of rotatable bonds is 4. The van der Waals surface area contributed by atoms with Gasteiger partial charge in [0.05, 0.1) is 7.11 Å². The summed E-state index contributed by atoms with van der Waals surface area (Å²) in [4.78, 5) is 11.0. The van der Waals surface area contributed by atoms with Gasteiger partial charge in [0.15, 0.2) is 23.3 Å². The summed E-state index contributed by atoms with van der Waals surface area (Å²) in [5.74, 6) is -7.73. The fourth-order valence-electron chi connectivity index (χ4n) is 1.29. The average Bonchev–Trinajstić information content (AvgIpc) is 2.36. The van der Waals surface area contributed by atoms with Crippen LogP contribution in [-0.4, -0.2) is 18.8 Å². The predicted molar refractivity (Wildman–Crippen MR) is 59.4 cm³/mol. The molecule has 7 heteroatoms. The summed E-state index contributed by atoms with van der Waals surface area (Å²) in [7, 11) is 0.859. The Morgan fingerprint density at radius 1 is 1.11 bits per heavy atom. The van der Waals surface area contributed by atoms with Gasteiger partial charge in [-0.15, -0.1) is 0 Å². The first-order valence-electron chi connectivity index (χ1n) is 4.96. The summed E-state index contributed by atoms with van der Waals surface area (Å²) in [6.07, 6.45) is 0. The molecular weight excluding hydrogens is 272 g/mol. The molecule has 0 aliphatic heterocycles. The average molecular weight is 282 g/mol. The molecule has 0 spiro atoms. The van der Waals surface area contributed by atoms with E-state index in [1.807, 2.05) is 0 Å². The molecule has 1 aromatic carbocycles. The Kier molecular flexibility index (Phi) is 5.01. The number of halogens is 4. The van der Waals surface area contributed by atoms with Crippen molar-refractivity contribution in [3.63, 3.8) is 0 Å². The highest BCUT2D eigenvalue weighted by Gasteiger charge is 2.29. The van der Waals surface area contributed by atoms with Crippen molar-refractivity contribution in [1.82, 2.24) is 0 Å². The van der Waals surface area contributed by atoms with Crippen LogP contribution in [0.25, 0.3) is 0 Å². The number of ether oxygens (including phenoxy) is 1. The summed E-state index contributed by atoms with van der Waals surface area (Å²) in [5.41, 5.74) is -2.07. The smallest absolute Gasteiger partial charge is 0.344 e. The molecule has 0 amide bonds. The minimum atomic E-state index is -1.73. The van der Waals surface area contributed by atoms with Crippen LogP contribution in [0.1, 0.15) is 22.8 Å². The second-order valence-electron chi connectivity index (χ2n) is 3.24. The van der Waals surface area contributed by atoms with Crippen molar-refractivity contribution in [1.29, 1.82) is 0 Å². The van der Waals surface area contributed by atoms with Crippen molar-refractivity contribution in [2.75, 3.05) is 12.9 Å². The lowest BCUT2D eigenvalue weighted by molar-refractivity contribution is 0.0586. The van der Waals surface area contributed by atoms with Gasteiger partial charge >= 0.3 is 5.97 Å². The minimum absolute atomic E-state index is 0.219. The molecule has 0 bridgehead atoms. The van der Waals surface area contributed by atoms with E-state index < -0.39 is 40.4 Å². The zero-order valence-corrected chi connectivity index (χ0v) is 10.5. The van der Waals surface area contributed by atoms with Crippen LogP contribution in [0.4, 0.5) is 17.6 Å². The topological polar surface area (TPSA) is 26.3 Å². The number of thioether (sulfide) groups is 1. The van der Waals surface area contributed by atoms with E-state index in [2.05, 4.69) is 4.74 Å². The van der Waals surface area contributed by atoms with Gasteiger partial charge in [-0.2, -0.15) is 11.8 Å². The molecule has 0 atom stereocenters. The van der Waals surface area contributed by atoms with Gasteiger partial charge in [0.2, 0.25) is 0 Å². The van der Waals surface area contributed by atoms with Crippen molar-refractivity contribution in [2.45, 2.75) is 12.7 Å². The number of carbonyl (C=O) groups excluding carboxylic acids is 1. The fraction of sp³-hybridized carbons (Fsp3) is 0.364. The molecule has 18 heavy (non-hydrogen) atoms. The van der Waals surface area contributed by atoms with Gasteiger partial charge in [0.25, 0.3) is 0 Å². The van der Waals surface area contributed by atoms with Gasteiger partial charge in [-0.1, -0.05) is 6.92 Å². The predicted octanol–water partition coefficient (Wildman–Crippen LogP) is 3.28. The molecule has 0 fully saturated rings. The summed E-state index contributed by atoms with van der Waals surface area (Å²) < 4.78 is 58.1. The monoisotopic (exact) mass is 282 g/mol. The maximum absolute atomic E-state index is 13.5. The maximum atomic E-state index is 13.5. The lowest BCUT2D eigenvalue weighted by Gasteiger charge is -2.10. The first-order chi connectivity index (χ1) is 8.45. The van der Waals surface area contributed by atoms with Crippen LogP contribution >= 0.6 is 11.8 Å². The van der Waals surface area contributed by atoms with E-state index in [1.165, 1.54) is 0 Å². The van der Waals surface area contributed by atoms with Crippen LogP contribution in [0.5, 0.6) is 0 Å². The summed E-state index contributed by atoms with van der Waals surface area (Å²) >= 11 is 1.10. The molecule has 0 heterocycles. The van der Waals surface area contributed by atoms with E-state index in [1.54, 1.807) is 6.92 Å². The van der Waals surface area contributed by atoms with Crippen LogP contribution < -0.4 is 0 Å². The Labute approximate surface area is 105 Å². The Hall–Kier alpha value is -1.24. The van der Waals surface area contributed by atoms with E-state index in [0.29, 0.717) is 5.75 Å². The molecule has 1 aromatic rings. The number of esters is 1. The summed E-state index contributed by atoms with van der Waals surface area (Å²) in [6, 6.07) is 0. The Bertz CT molecular complexity index is 448. The second kappa shape index (κ2) is 6.08. The highest BCUT2D eigenvalue weighted by atomic mass is 32.2. The van der Waals surface area contributed by atoms with E-state index in [9.17, 15) is 22.4 Å². The molecule has 0 unspecified atom stereocenters. The fourth-order valence-corrected chi connectivity index (χ4v) is 1.95. The molecule has 0 aliphatic carbocycles. The van der Waals surface area contributed by atoms with E-state index in [-0.39, 0.29) is 5.75 Å². The number of benzene rings is 1. The molecule has 0 saturated heterocycles. The van der Waals surface area contributed by atoms with Gasteiger partial charge in [0.1, 0.15) is 5.56 Å². The molecule has 0 saturated carbocycles. The first-order valence-corrected chi connectivity index (χ1v) is 6.12. The molecule has 0 N–H and O–H groups in total. The minimum Gasteiger partial charge on any atom is -0.465 e. The third-order valence-corrected chi connectivity index (χ3v) is 3.10.